The van der Waals surface area contributed by atoms with E-state index >= 15 is 0 Å². The Morgan fingerprint density at radius 3 is 2.49 bits per heavy atom. The molecule has 1 aromatic rings. The van der Waals surface area contributed by atoms with Crippen molar-refractivity contribution in [2.45, 2.75) is 50.4 Å². The molecule has 0 aromatic heterocycles. The minimum atomic E-state index is -0.271. The zero-order valence-corrected chi connectivity index (χ0v) is 21.3. The molecule has 3 N–H and O–H groups in total. The van der Waals surface area contributed by atoms with Gasteiger partial charge in [-0.15, -0.1) is 0 Å². The van der Waals surface area contributed by atoms with Gasteiger partial charge in [0.05, 0.1) is 45.0 Å². The molecule has 4 heterocycles. The van der Waals surface area contributed by atoms with E-state index < -0.39 is 0 Å². The highest BCUT2D eigenvalue weighted by molar-refractivity contribution is 5.98. The highest BCUT2D eigenvalue weighted by atomic mass is 16.5. The Kier molecular flexibility index (Phi) is 8.70. The number of benzene rings is 1. The lowest BCUT2D eigenvalue weighted by atomic mass is 9.89. The largest absolute Gasteiger partial charge is 0.490 e. The summed E-state index contributed by atoms with van der Waals surface area (Å²) in [4.78, 5) is 39.9. The number of hydrogen-bond donors (Lipinski definition) is 3. The van der Waals surface area contributed by atoms with Gasteiger partial charge in [0.2, 0.25) is 11.8 Å². The first-order valence-electron chi connectivity index (χ1n) is 13.6. The maximum atomic E-state index is 13.0. The lowest BCUT2D eigenvalue weighted by Gasteiger charge is -2.40. The van der Waals surface area contributed by atoms with Gasteiger partial charge in [-0.1, -0.05) is 0 Å². The summed E-state index contributed by atoms with van der Waals surface area (Å²) in [5.74, 6) is 0.668. The van der Waals surface area contributed by atoms with Gasteiger partial charge in [-0.05, 0) is 56.6 Å². The second-order valence-electron chi connectivity index (χ2n) is 10.5. The molecule has 0 saturated carbocycles. The number of nitrogens with one attached hydrogen (secondary N) is 3. The first-order valence-corrected chi connectivity index (χ1v) is 13.6. The van der Waals surface area contributed by atoms with Crippen LogP contribution >= 0.6 is 0 Å². The molecular weight excluding hydrogens is 476 g/mol. The number of Topliss-reactive ketones (excluding diaryl/α,β-unsaturated/α-hetero) is 1. The molecule has 3 unspecified atom stereocenters. The van der Waals surface area contributed by atoms with Crippen molar-refractivity contribution in [2.75, 3.05) is 52.6 Å². The number of amides is 2. The lowest BCUT2D eigenvalue weighted by molar-refractivity contribution is -0.135. The molecule has 0 radical (unpaired) electrons. The molecule has 4 aliphatic heterocycles. The van der Waals surface area contributed by atoms with Crippen molar-refractivity contribution in [2.24, 2.45) is 11.8 Å². The number of piperidine rings is 1. The molecule has 5 rings (SSSR count). The average molecular weight is 515 g/mol. The van der Waals surface area contributed by atoms with Crippen molar-refractivity contribution in [1.82, 2.24) is 20.9 Å². The minimum absolute atomic E-state index is 0.0177. The van der Waals surface area contributed by atoms with Crippen molar-refractivity contribution in [3.63, 3.8) is 0 Å². The van der Waals surface area contributed by atoms with Crippen LogP contribution in [0.5, 0.6) is 5.75 Å². The normalized spacial score (nSPS) is 27.7. The van der Waals surface area contributed by atoms with Crippen LogP contribution in [0.25, 0.3) is 0 Å². The number of likely N-dealkylation sites (tertiary alicyclic amines) is 1. The van der Waals surface area contributed by atoms with Gasteiger partial charge in [-0.3, -0.25) is 24.6 Å². The summed E-state index contributed by atoms with van der Waals surface area (Å²) in [7, 11) is 0. The van der Waals surface area contributed by atoms with E-state index in [2.05, 4.69) is 20.9 Å². The summed E-state index contributed by atoms with van der Waals surface area (Å²) >= 11 is 0. The molecule has 4 saturated heterocycles. The van der Waals surface area contributed by atoms with Crippen LogP contribution in [0, 0.1) is 11.8 Å². The first-order chi connectivity index (χ1) is 18.0. The topological polar surface area (TPSA) is 118 Å². The molecule has 202 valence electrons. The molecule has 4 aliphatic rings. The van der Waals surface area contributed by atoms with E-state index in [0.717, 1.165) is 51.1 Å². The maximum absolute atomic E-state index is 13.0. The van der Waals surface area contributed by atoms with Crippen LogP contribution in [-0.2, 0) is 19.1 Å². The molecule has 37 heavy (non-hydrogen) atoms. The highest BCUT2D eigenvalue weighted by Crippen LogP contribution is 2.24. The van der Waals surface area contributed by atoms with Gasteiger partial charge in [0.25, 0.3) is 0 Å². The van der Waals surface area contributed by atoms with Crippen LogP contribution in [0.2, 0.25) is 0 Å². The van der Waals surface area contributed by atoms with Crippen molar-refractivity contribution < 1.29 is 28.6 Å². The Bertz CT molecular complexity index is 943. The fraction of sp³-hybridized carbons (Fsp3) is 0.667. The molecule has 0 spiro atoms. The lowest BCUT2D eigenvalue weighted by Crippen LogP contribution is -2.66. The van der Waals surface area contributed by atoms with E-state index in [9.17, 15) is 14.4 Å². The van der Waals surface area contributed by atoms with Gasteiger partial charge in [0, 0.05) is 37.0 Å². The van der Waals surface area contributed by atoms with Gasteiger partial charge < -0.3 is 24.8 Å². The predicted molar refractivity (Wildman–Crippen MR) is 135 cm³/mol. The monoisotopic (exact) mass is 514 g/mol. The van der Waals surface area contributed by atoms with E-state index in [4.69, 9.17) is 14.2 Å². The van der Waals surface area contributed by atoms with Gasteiger partial charge in [0.15, 0.2) is 5.78 Å². The second kappa shape index (κ2) is 12.3. The number of carbonyl (C=O) groups excluding carboxylic acids is 3. The van der Waals surface area contributed by atoms with Crippen molar-refractivity contribution in [3.8, 4) is 5.75 Å². The third-order valence-electron chi connectivity index (χ3n) is 7.86. The fourth-order valence-electron chi connectivity index (χ4n) is 5.63. The molecule has 0 bridgehead atoms. The number of hydrogen-bond acceptors (Lipinski definition) is 8. The summed E-state index contributed by atoms with van der Waals surface area (Å²) < 4.78 is 16.8. The van der Waals surface area contributed by atoms with Crippen LogP contribution < -0.4 is 20.7 Å². The Morgan fingerprint density at radius 2 is 1.73 bits per heavy atom. The van der Waals surface area contributed by atoms with Crippen molar-refractivity contribution in [1.29, 1.82) is 0 Å². The number of fused-ring (bicyclic) bond motifs is 1. The number of carbonyl (C=O) groups is 3. The van der Waals surface area contributed by atoms with E-state index in [1.165, 1.54) is 0 Å². The van der Waals surface area contributed by atoms with E-state index in [1.54, 1.807) is 0 Å². The van der Waals surface area contributed by atoms with Crippen LogP contribution in [0.3, 0.4) is 0 Å². The quantitative estimate of drug-likeness (QED) is 0.434. The van der Waals surface area contributed by atoms with Crippen LogP contribution in [0.15, 0.2) is 24.3 Å². The molecule has 10 heteroatoms. The second-order valence-corrected chi connectivity index (χ2v) is 10.5. The SMILES string of the molecule is O=C(CN1CCC(C(=O)c2ccc(OC3CCOCC3)cc2)CC1)NCC1NC(=O)C2COCCC2N1. The minimum Gasteiger partial charge on any atom is -0.490 e. The number of ketones is 1. The van der Waals surface area contributed by atoms with Gasteiger partial charge in [-0.2, -0.15) is 0 Å². The highest BCUT2D eigenvalue weighted by Gasteiger charge is 2.38. The summed E-state index contributed by atoms with van der Waals surface area (Å²) in [5.41, 5.74) is 0.712. The first kappa shape index (κ1) is 26.1. The van der Waals surface area contributed by atoms with Crippen LogP contribution in [0.1, 0.15) is 42.5 Å². The van der Waals surface area contributed by atoms with E-state index in [1.807, 2.05) is 24.3 Å². The van der Waals surface area contributed by atoms with E-state index in [-0.39, 0.29) is 47.7 Å². The van der Waals surface area contributed by atoms with Crippen LogP contribution in [0.4, 0.5) is 0 Å². The fourth-order valence-corrected chi connectivity index (χ4v) is 5.63. The smallest absolute Gasteiger partial charge is 0.234 e. The zero-order chi connectivity index (χ0) is 25.6. The molecule has 0 aliphatic carbocycles. The Morgan fingerprint density at radius 1 is 1.00 bits per heavy atom. The average Bonchev–Trinajstić information content (AvgIpc) is 2.93. The molecule has 2 amide bonds. The number of ether oxygens (including phenoxy) is 3. The van der Waals surface area contributed by atoms with E-state index in [0.29, 0.717) is 45.0 Å². The summed E-state index contributed by atoms with van der Waals surface area (Å²) in [6.07, 6.45) is 3.95. The Hall–Kier alpha value is -2.53. The van der Waals surface area contributed by atoms with Crippen molar-refractivity contribution in [3.05, 3.63) is 29.8 Å². The maximum Gasteiger partial charge on any atom is 0.234 e. The summed E-state index contributed by atoms with van der Waals surface area (Å²) in [5, 5.41) is 9.27. The van der Waals surface area contributed by atoms with Crippen LogP contribution in [-0.4, -0.2) is 93.4 Å². The Balaban J connectivity index is 1.01. The standard InChI is InChI=1S/C27H38N4O6/c32-25(28-15-24-29-23-9-14-36-17-22(23)27(34)30-24)16-31-10-5-19(6-11-31)26(33)18-1-3-20(4-2-18)37-21-7-12-35-13-8-21/h1-4,19,21-24,29H,5-17H2,(H,28,32)(H,30,34). The Labute approximate surface area is 217 Å². The van der Waals surface area contributed by atoms with Gasteiger partial charge in [0.1, 0.15) is 11.9 Å². The summed E-state index contributed by atoms with van der Waals surface area (Å²) in [6.45, 7) is 4.60. The molecular formula is C27H38N4O6. The number of nitrogens with zero attached hydrogens (tertiary/aromatic N) is 1. The predicted octanol–water partition coefficient (Wildman–Crippen LogP) is 0.706. The van der Waals surface area contributed by atoms with Gasteiger partial charge >= 0.3 is 0 Å². The molecule has 10 nitrogen and oxygen atoms in total. The molecule has 1 aromatic carbocycles. The van der Waals surface area contributed by atoms with Gasteiger partial charge in [-0.25, -0.2) is 0 Å². The zero-order valence-electron chi connectivity index (χ0n) is 21.3. The summed E-state index contributed by atoms with van der Waals surface area (Å²) in [6, 6.07) is 7.58. The third kappa shape index (κ3) is 6.87. The third-order valence-corrected chi connectivity index (χ3v) is 7.86. The van der Waals surface area contributed by atoms with Crippen molar-refractivity contribution >= 4 is 17.6 Å². The molecule has 4 fully saturated rings. The number of rotatable bonds is 8. The molecule has 3 atom stereocenters.